The Labute approximate surface area is 177 Å². The Kier molecular flexibility index (Phi) is 7.17. The summed E-state index contributed by atoms with van der Waals surface area (Å²) in [6, 6.07) is 6.41. The van der Waals surface area contributed by atoms with Crippen LogP contribution in [0, 0.1) is 23.5 Å². The number of hydrogen-bond acceptors (Lipinski definition) is 1. The molecular formula is C23H22ClF5O. The maximum absolute atomic E-state index is 13.7. The van der Waals surface area contributed by atoms with Crippen molar-refractivity contribution in [3.05, 3.63) is 69.7 Å². The molecule has 0 amide bonds. The molecule has 2 aromatic rings. The molecule has 0 bridgehead atoms. The van der Waals surface area contributed by atoms with E-state index in [9.17, 15) is 26.7 Å². The second kappa shape index (κ2) is 9.46. The van der Waals surface area contributed by atoms with Crippen LogP contribution in [0.3, 0.4) is 0 Å². The number of rotatable bonds is 6. The summed E-state index contributed by atoms with van der Waals surface area (Å²) in [6.07, 6.45) is 0.275. The number of hydrogen-bond donors (Lipinski definition) is 0. The fourth-order valence-electron chi connectivity index (χ4n) is 4.10. The number of carbonyl (C=O) groups excluding carboxylic acids is 1. The summed E-state index contributed by atoms with van der Waals surface area (Å²) in [7, 11) is 0. The van der Waals surface area contributed by atoms with E-state index in [4.69, 9.17) is 11.6 Å². The highest BCUT2D eigenvalue weighted by Gasteiger charge is 2.32. The largest absolute Gasteiger partial charge is 0.416 e. The molecule has 7 heteroatoms. The van der Waals surface area contributed by atoms with Crippen molar-refractivity contribution in [3.8, 4) is 0 Å². The van der Waals surface area contributed by atoms with Crippen LogP contribution >= 0.6 is 11.6 Å². The Hall–Kier alpha value is -1.95. The fraction of sp³-hybridized carbons (Fsp3) is 0.435. The lowest BCUT2D eigenvalue weighted by Gasteiger charge is -2.28. The van der Waals surface area contributed by atoms with Crippen molar-refractivity contribution in [1.29, 1.82) is 0 Å². The van der Waals surface area contributed by atoms with Crippen LogP contribution in [0.25, 0.3) is 0 Å². The van der Waals surface area contributed by atoms with Crippen LogP contribution in [-0.2, 0) is 12.6 Å². The minimum Gasteiger partial charge on any atom is -0.294 e. The highest BCUT2D eigenvalue weighted by Crippen LogP contribution is 2.36. The van der Waals surface area contributed by atoms with Crippen molar-refractivity contribution in [1.82, 2.24) is 0 Å². The van der Waals surface area contributed by atoms with E-state index >= 15 is 0 Å². The second-order valence-corrected chi connectivity index (χ2v) is 8.39. The lowest BCUT2D eigenvalue weighted by molar-refractivity contribution is -0.137. The molecule has 1 saturated carbocycles. The average Bonchev–Trinajstić information content (AvgIpc) is 2.68. The molecule has 30 heavy (non-hydrogen) atoms. The third kappa shape index (κ3) is 5.81. The van der Waals surface area contributed by atoms with Crippen molar-refractivity contribution >= 4 is 17.4 Å². The molecule has 1 nitrogen and oxygen atoms in total. The highest BCUT2D eigenvalue weighted by atomic mass is 35.5. The first-order valence-corrected chi connectivity index (χ1v) is 10.3. The summed E-state index contributed by atoms with van der Waals surface area (Å²) in [5.74, 6) is -1.02. The van der Waals surface area contributed by atoms with Gasteiger partial charge >= 0.3 is 6.18 Å². The third-order valence-electron chi connectivity index (χ3n) is 5.87. The van der Waals surface area contributed by atoms with Crippen LogP contribution in [0.1, 0.15) is 60.0 Å². The summed E-state index contributed by atoms with van der Waals surface area (Å²) >= 11 is 5.96. The van der Waals surface area contributed by atoms with Crippen LogP contribution in [0.5, 0.6) is 0 Å². The topological polar surface area (TPSA) is 17.1 Å². The van der Waals surface area contributed by atoms with Gasteiger partial charge in [0.15, 0.2) is 5.78 Å². The predicted octanol–water partition coefficient (Wildman–Crippen LogP) is 7.65. The number of halogens is 6. The lowest BCUT2D eigenvalue weighted by atomic mass is 9.77. The quantitative estimate of drug-likeness (QED) is 0.330. The number of ketones is 1. The molecular weight excluding hydrogens is 423 g/mol. The number of carbonyl (C=O) groups is 1. The first-order chi connectivity index (χ1) is 14.1. The van der Waals surface area contributed by atoms with Gasteiger partial charge in [-0.05, 0) is 67.3 Å². The molecule has 0 heterocycles. The standard InChI is InChI=1S/C23H22ClF5O/c24-20-10-8-17(23(27,28)29)12-19(20)22(30)11-15-3-1-14(2-4-15)5-6-16-7-9-18(25)13-21(16)26/h7-10,12-15H,1-6,11H2. The van der Waals surface area contributed by atoms with E-state index < -0.39 is 23.4 Å². The summed E-state index contributed by atoms with van der Waals surface area (Å²) in [6.45, 7) is 0. The monoisotopic (exact) mass is 444 g/mol. The number of aryl methyl sites for hydroxylation is 1. The Balaban J connectivity index is 1.51. The molecule has 0 unspecified atom stereocenters. The van der Waals surface area contributed by atoms with Crippen LogP contribution in [0.15, 0.2) is 36.4 Å². The van der Waals surface area contributed by atoms with Gasteiger partial charge in [-0.1, -0.05) is 30.5 Å². The SMILES string of the molecule is O=C(CC1CCC(CCc2ccc(F)cc2F)CC1)c1cc(C(F)(F)F)ccc1Cl. The van der Waals surface area contributed by atoms with E-state index in [1.807, 2.05) is 0 Å². The molecule has 0 N–H and O–H groups in total. The molecule has 1 fully saturated rings. The molecule has 0 saturated heterocycles. The van der Waals surface area contributed by atoms with E-state index in [1.165, 1.54) is 12.1 Å². The number of benzene rings is 2. The summed E-state index contributed by atoms with van der Waals surface area (Å²) in [5.41, 5.74) is -0.472. The Morgan fingerprint density at radius 3 is 2.27 bits per heavy atom. The number of Topliss-reactive ketones (excluding diaryl/α,β-unsaturated/α-hetero) is 1. The van der Waals surface area contributed by atoms with E-state index in [-0.39, 0.29) is 28.7 Å². The normalized spacial score (nSPS) is 19.7. The van der Waals surface area contributed by atoms with Crippen molar-refractivity contribution in [2.24, 2.45) is 11.8 Å². The van der Waals surface area contributed by atoms with Crippen LogP contribution in [-0.4, -0.2) is 5.78 Å². The Morgan fingerprint density at radius 1 is 0.967 bits per heavy atom. The van der Waals surface area contributed by atoms with E-state index in [2.05, 4.69) is 0 Å². The zero-order valence-electron chi connectivity index (χ0n) is 16.2. The second-order valence-electron chi connectivity index (χ2n) is 7.98. The Morgan fingerprint density at radius 2 is 1.63 bits per heavy atom. The first kappa shape index (κ1) is 22.7. The lowest BCUT2D eigenvalue weighted by Crippen LogP contribution is -2.18. The molecule has 162 valence electrons. The third-order valence-corrected chi connectivity index (χ3v) is 6.20. The minimum atomic E-state index is -4.53. The van der Waals surface area contributed by atoms with Gasteiger partial charge in [-0.15, -0.1) is 0 Å². The van der Waals surface area contributed by atoms with Crippen molar-refractivity contribution in [2.45, 2.75) is 51.1 Å². The van der Waals surface area contributed by atoms with Gasteiger partial charge < -0.3 is 0 Å². The maximum Gasteiger partial charge on any atom is 0.416 e. The van der Waals surface area contributed by atoms with Crippen LogP contribution in [0.2, 0.25) is 5.02 Å². The molecule has 0 aliphatic heterocycles. The van der Waals surface area contributed by atoms with Gasteiger partial charge in [0.05, 0.1) is 10.6 Å². The Bertz CT molecular complexity index is 901. The minimum absolute atomic E-state index is 0.0306. The van der Waals surface area contributed by atoms with Gasteiger partial charge in [-0.25, -0.2) is 8.78 Å². The molecule has 0 spiro atoms. The van der Waals surface area contributed by atoms with Crippen molar-refractivity contribution in [3.63, 3.8) is 0 Å². The highest BCUT2D eigenvalue weighted by molar-refractivity contribution is 6.34. The van der Waals surface area contributed by atoms with Gasteiger partial charge in [-0.3, -0.25) is 4.79 Å². The van der Waals surface area contributed by atoms with E-state index in [0.717, 1.165) is 56.4 Å². The predicted molar refractivity (Wildman–Crippen MR) is 106 cm³/mol. The summed E-state index contributed by atoms with van der Waals surface area (Å²) in [5, 5.41) is 0.0306. The molecule has 3 rings (SSSR count). The molecule has 0 atom stereocenters. The van der Waals surface area contributed by atoms with Crippen LogP contribution in [0.4, 0.5) is 22.0 Å². The van der Waals surface area contributed by atoms with Gasteiger partial charge in [0.1, 0.15) is 11.6 Å². The zero-order valence-corrected chi connectivity index (χ0v) is 17.0. The summed E-state index contributed by atoms with van der Waals surface area (Å²) < 4.78 is 65.5. The van der Waals surface area contributed by atoms with E-state index in [0.29, 0.717) is 17.9 Å². The zero-order chi connectivity index (χ0) is 21.9. The summed E-state index contributed by atoms with van der Waals surface area (Å²) in [4.78, 5) is 12.5. The fourth-order valence-corrected chi connectivity index (χ4v) is 4.32. The van der Waals surface area contributed by atoms with Gasteiger partial charge in [0, 0.05) is 18.1 Å². The van der Waals surface area contributed by atoms with Crippen LogP contribution < -0.4 is 0 Å². The molecule has 0 radical (unpaired) electrons. The molecule has 0 aromatic heterocycles. The smallest absolute Gasteiger partial charge is 0.294 e. The van der Waals surface area contributed by atoms with Gasteiger partial charge in [-0.2, -0.15) is 13.2 Å². The average molecular weight is 445 g/mol. The van der Waals surface area contributed by atoms with Crippen molar-refractivity contribution in [2.75, 3.05) is 0 Å². The molecule has 2 aromatic carbocycles. The first-order valence-electron chi connectivity index (χ1n) is 9.97. The molecule has 1 aliphatic carbocycles. The number of alkyl halides is 3. The van der Waals surface area contributed by atoms with Crippen molar-refractivity contribution < 1.29 is 26.7 Å². The van der Waals surface area contributed by atoms with E-state index in [1.54, 1.807) is 0 Å². The molecule has 1 aliphatic rings. The van der Waals surface area contributed by atoms with Gasteiger partial charge in [0.25, 0.3) is 0 Å². The maximum atomic E-state index is 13.7. The van der Waals surface area contributed by atoms with Gasteiger partial charge in [0.2, 0.25) is 0 Å².